The number of amides is 2. The fourth-order valence-corrected chi connectivity index (χ4v) is 3.47. The van der Waals surface area contributed by atoms with Crippen molar-refractivity contribution in [1.82, 2.24) is 24.8 Å². The van der Waals surface area contributed by atoms with Crippen molar-refractivity contribution in [2.45, 2.75) is 51.0 Å². The van der Waals surface area contributed by atoms with Gasteiger partial charge >= 0.3 is 0 Å². The Kier molecular flexibility index (Phi) is 7.12. The number of hydrogen-bond acceptors (Lipinski definition) is 6. The Morgan fingerprint density at radius 1 is 1.43 bits per heavy atom. The minimum Gasteiger partial charge on any atom is -0.483 e. The van der Waals surface area contributed by atoms with Crippen LogP contribution in [-0.2, 0) is 32.2 Å². The van der Waals surface area contributed by atoms with Gasteiger partial charge in [0, 0.05) is 31.2 Å². The Balaban J connectivity index is 0.000000806. The van der Waals surface area contributed by atoms with Crippen LogP contribution in [0.1, 0.15) is 37.1 Å². The summed E-state index contributed by atoms with van der Waals surface area (Å²) < 4.78 is 7.63. The topological polar surface area (TPSA) is 127 Å². The first kappa shape index (κ1) is 21.4. The minimum atomic E-state index is -0.763. The Morgan fingerprint density at radius 3 is 2.80 bits per heavy atom. The van der Waals surface area contributed by atoms with Crippen LogP contribution in [0.4, 0.5) is 0 Å². The molecule has 0 spiro atoms. The van der Waals surface area contributed by atoms with Gasteiger partial charge in [-0.2, -0.15) is 0 Å². The molecule has 3 heterocycles. The van der Waals surface area contributed by atoms with Gasteiger partial charge in [-0.3, -0.25) is 19.4 Å². The third-order valence-electron chi connectivity index (χ3n) is 4.98. The number of aromatic nitrogens is 3. The zero-order valence-electron chi connectivity index (χ0n) is 16.7. The number of carboxylic acid groups (broad SMARTS) is 1. The van der Waals surface area contributed by atoms with Gasteiger partial charge in [-0.05, 0) is 31.4 Å². The molecule has 30 heavy (non-hydrogen) atoms. The standard InChI is InChI=1S/C19H23N5O3.CH2O2/c1-2-23-10-14(22-12-23)9-21-19(26)18-17(13-4-3-7-20-8-13)24(15-5-6-15)16(25)11-27-18;2-1-3/h3-4,7-8,10,12,15,17-18H,2,5-6,9,11H2,1H3,(H,21,26);1H,(H,2,3)/t17-,18+;/m1./s1. The molecular weight excluding hydrogens is 390 g/mol. The van der Waals surface area contributed by atoms with Crippen LogP contribution in [0.25, 0.3) is 0 Å². The molecule has 10 nitrogen and oxygen atoms in total. The first-order valence-corrected chi connectivity index (χ1v) is 9.77. The van der Waals surface area contributed by atoms with Gasteiger partial charge < -0.3 is 24.6 Å². The summed E-state index contributed by atoms with van der Waals surface area (Å²) >= 11 is 0. The summed E-state index contributed by atoms with van der Waals surface area (Å²) in [6.45, 7) is 2.86. The maximum absolute atomic E-state index is 12.9. The monoisotopic (exact) mass is 415 g/mol. The van der Waals surface area contributed by atoms with Crippen LogP contribution in [-0.4, -0.2) is 61.6 Å². The number of rotatable bonds is 6. The summed E-state index contributed by atoms with van der Waals surface area (Å²) in [5.41, 5.74) is 1.60. The van der Waals surface area contributed by atoms with Crippen LogP contribution in [0.3, 0.4) is 0 Å². The lowest BCUT2D eigenvalue weighted by atomic mass is 9.98. The van der Waals surface area contributed by atoms with E-state index in [0.29, 0.717) is 6.54 Å². The summed E-state index contributed by atoms with van der Waals surface area (Å²) in [4.78, 5) is 44.0. The predicted octanol–water partition coefficient (Wildman–Crippen LogP) is 0.746. The third-order valence-corrected chi connectivity index (χ3v) is 4.98. The first-order chi connectivity index (χ1) is 14.6. The normalized spacial score (nSPS) is 20.8. The average Bonchev–Trinajstić information content (AvgIpc) is 3.49. The highest BCUT2D eigenvalue weighted by Gasteiger charge is 2.47. The van der Waals surface area contributed by atoms with Crippen molar-refractivity contribution in [2.24, 2.45) is 0 Å². The number of hydrogen-bond donors (Lipinski definition) is 2. The second-order valence-corrected chi connectivity index (χ2v) is 7.01. The van der Waals surface area contributed by atoms with Gasteiger partial charge in [0.1, 0.15) is 6.61 Å². The number of morpholine rings is 1. The van der Waals surface area contributed by atoms with Gasteiger partial charge in [0.25, 0.3) is 12.4 Å². The van der Waals surface area contributed by atoms with Crippen LogP contribution < -0.4 is 5.32 Å². The number of nitrogens with zero attached hydrogens (tertiary/aromatic N) is 4. The molecule has 2 amide bonds. The molecule has 0 bridgehead atoms. The molecule has 1 saturated heterocycles. The van der Waals surface area contributed by atoms with Crippen LogP contribution in [0.15, 0.2) is 37.1 Å². The summed E-state index contributed by atoms with van der Waals surface area (Å²) in [6.07, 6.45) is 8.18. The maximum Gasteiger partial charge on any atom is 0.290 e. The first-order valence-electron chi connectivity index (χ1n) is 9.77. The van der Waals surface area contributed by atoms with Gasteiger partial charge in [0.05, 0.1) is 24.6 Å². The summed E-state index contributed by atoms with van der Waals surface area (Å²) in [5, 5.41) is 9.79. The van der Waals surface area contributed by atoms with E-state index in [1.54, 1.807) is 18.7 Å². The van der Waals surface area contributed by atoms with Crippen LogP contribution >= 0.6 is 0 Å². The molecule has 1 aliphatic heterocycles. The Bertz CT molecular complexity index is 867. The molecular formula is C20H25N5O5. The zero-order valence-corrected chi connectivity index (χ0v) is 16.7. The average molecular weight is 415 g/mol. The molecule has 2 fully saturated rings. The molecule has 2 atom stereocenters. The lowest BCUT2D eigenvalue weighted by Crippen LogP contribution is -2.55. The van der Waals surface area contributed by atoms with Crippen molar-refractivity contribution in [3.63, 3.8) is 0 Å². The number of carbonyl (C=O) groups is 3. The van der Waals surface area contributed by atoms with E-state index in [1.165, 1.54) is 0 Å². The van der Waals surface area contributed by atoms with Crippen LogP contribution in [0.2, 0.25) is 0 Å². The van der Waals surface area contributed by atoms with Crippen molar-refractivity contribution in [2.75, 3.05) is 6.61 Å². The van der Waals surface area contributed by atoms with Crippen molar-refractivity contribution >= 4 is 18.3 Å². The Labute approximate surface area is 173 Å². The molecule has 160 valence electrons. The van der Waals surface area contributed by atoms with E-state index in [2.05, 4.69) is 15.3 Å². The molecule has 2 aliphatic rings. The van der Waals surface area contributed by atoms with Crippen molar-refractivity contribution in [1.29, 1.82) is 0 Å². The highest BCUT2D eigenvalue weighted by atomic mass is 16.5. The molecule has 0 aromatic carbocycles. The molecule has 0 unspecified atom stereocenters. The molecule has 1 saturated carbocycles. The third kappa shape index (κ3) is 5.01. The largest absolute Gasteiger partial charge is 0.483 e. The van der Waals surface area contributed by atoms with Crippen LogP contribution in [0, 0.1) is 0 Å². The highest BCUT2D eigenvalue weighted by molar-refractivity contribution is 5.86. The summed E-state index contributed by atoms with van der Waals surface area (Å²) in [5.74, 6) is -0.315. The van der Waals surface area contributed by atoms with Crippen LogP contribution in [0.5, 0.6) is 0 Å². The highest BCUT2D eigenvalue weighted by Crippen LogP contribution is 2.39. The number of nitrogens with one attached hydrogen (secondary N) is 1. The fraction of sp³-hybridized carbons (Fsp3) is 0.450. The van der Waals surface area contributed by atoms with E-state index in [4.69, 9.17) is 14.6 Å². The second-order valence-electron chi connectivity index (χ2n) is 7.01. The maximum atomic E-state index is 12.9. The van der Waals surface area contributed by atoms with E-state index in [0.717, 1.165) is 30.6 Å². The van der Waals surface area contributed by atoms with E-state index >= 15 is 0 Å². The van der Waals surface area contributed by atoms with Gasteiger partial charge in [-0.15, -0.1) is 0 Å². The fourth-order valence-electron chi connectivity index (χ4n) is 3.47. The number of ether oxygens (including phenoxy) is 1. The summed E-state index contributed by atoms with van der Waals surface area (Å²) in [6, 6.07) is 3.42. The van der Waals surface area contributed by atoms with Crippen molar-refractivity contribution < 1.29 is 24.2 Å². The van der Waals surface area contributed by atoms with E-state index in [-0.39, 0.29) is 30.9 Å². The van der Waals surface area contributed by atoms with Gasteiger partial charge in [-0.1, -0.05) is 6.07 Å². The van der Waals surface area contributed by atoms with E-state index < -0.39 is 12.1 Å². The molecule has 2 aromatic rings. The lowest BCUT2D eigenvalue weighted by Gasteiger charge is -2.40. The van der Waals surface area contributed by atoms with Gasteiger partial charge in [0.15, 0.2) is 6.10 Å². The summed E-state index contributed by atoms with van der Waals surface area (Å²) in [7, 11) is 0. The van der Waals surface area contributed by atoms with Gasteiger partial charge in [-0.25, -0.2) is 4.98 Å². The van der Waals surface area contributed by atoms with E-state index in [9.17, 15) is 9.59 Å². The van der Waals surface area contributed by atoms with Gasteiger partial charge in [0.2, 0.25) is 5.91 Å². The predicted molar refractivity (Wildman–Crippen MR) is 105 cm³/mol. The smallest absolute Gasteiger partial charge is 0.290 e. The quantitative estimate of drug-likeness (QED) is 0.667. The van der Waals surface area contributed by atoms with Crippen molar-refractivity contribution in [3.05, 3.63) is 48.3 Å². The molecule has 1 aliphatic carbocycles. The SMILES string of the molecule is CCn1cnc(CNC(=O)[C@H]2OCC(=O)N(C3CC3)[C@@H]2c2cccnc2)c1.O=CO. The Hall–Kier alpha value is -3.27. The molecule has 10 heteroatoms. The number of carbonyl (C=O) groups excluding carboxylic acids is 2. The molecule has 0 radical (unpaired) electrons. The zero-order chi connectivity index (χ0) is 21.5. The molecule has 2 N–H and O–H groups in total. The molecule has 2 aromatic heterocycles. The number of pyridine rings is 1. The van der Waals surface area contributed by atoms with E-state index in [1.807, 2.05) is 34.7 Å². The Morgan fingerprint density at radius 2 is 2.20 bits per heavy atom. The molecule has 4 rings (SSSR count). The van der Waals surface area contributed by atoms with Crippen molar-refractivity contribution in [3.8, 4) is 0 Å². The minimum absolute atomic E-state index is 0.0721. The lowest BCUT2D eigenvalue weighted by molar-refractivity contribution is -0.165. The number of aryl methyl sites for hydroxylation is 1. The second kappa shape index (κ2) is 9.97. The number of imidazole rings is 1.